The van der Waals surface area contributed by atoms with Crippen LogP contribution < -0.4 is 16.4 Å². The van der Waals surface area contributed by atoms with E-state index < -0.39 is 12.0 Å². The van der Waals surface area contributed by atoms with Crippen molar-refractivity contribution in [3.63, 3.8) is 0 Å². The predicted molar refractivity (Wildman–Crippen MR) is 147 cm³/mol. The maximum atomic E-state index is 12.4. The summed E-state index contributed by atoms with van der Waals surface area (Å²) >= 11 is 0. The van der Waals surface area contributed by atoms with Gasteiger partial charge in [0, 0.05) is 25.3 Å². The van der Waals surface area contributed by atoms with Crippen LogP contribution in [-0.2, 0) is 19.6 Å². The summed E-state index contributed by atoms with van der Waals surface area (Å²) in [6.07, 6.45) is 1.68. The maximum absolute atomic E-state index is 12.4. The topological polar surface area (TPSA) is 142 Å². The molecule has 1 aromatic carbocycles. The molecule has 4 heterocycles. The molecule has 4 atom stereocenters. The normalized spacial score (nSPS) is 24.3. The van der Waals surface area contributed by atoms with Gasteiger partial charge in [0.1, 0.15) is 30.2 Å². The lowest BCUT2D eigenvalue weighted by Crippen LogP contribution is -2.41. The van der Waals surface area contributed by atoms with E-state index in [0.29, 0.717) is 36.6 Å². The van der Waals surface area contributed by atoms with Crippen molar-refractivity contribution < 1.29 is 19.0 Å². The lowest BCUT2D eigenvalue weighted by atomic mass is 9.87. The smallest absolute Gasteiger partial charge is 0.319 e. The van der Waals surface area contributed by atoms with Crippen LogP contribution in [0.2, 0.25) is 0 Å². The van der Waals surface area contributed by atoms with Crippen LogP contribution in [0.5, 0.6) is 0 Å². The fourth-order valence-corrected chi connectivity index (χ4v) is 5.07. The number of anilines is 2. The molecule has 2 fully saturated rings. The lowest BCUT2D eigenvalue weighted by molar-refractivity contribution is -0.197. The van der Waals surface area contributed by atoms with Crippen LogP contribution in [0.25, 0.3) is 11.2 Å². The van der Waals surface area contributed by atoms with Crippen molar-refractivity contribution in [3.05, 3.63) is 42.5 Å². The Morgan fingerprint density at radius 1 is 1.13 bits per heavy atom. The van der Waals surface area contributed by atoms with E-state index in [1.54, 1.807) is 6.33 Å². The van der Waals surface area contributed by atoms with Crippen LogP contribution in [0.1, 0.15) is 46.4 Å². The summed E-state index contributed by atoms with van der Waals surface area (Å²) < 4.78 is 20.8. The molecule has 2 aliphatic heterocycles. The minimum atomic E-state index is -0.747. The molecule has 0 unspecified atom stereocenters. The molecule has 39 heavy (non-hydrogen) atoms. The second-order valence-electron chi connectivity index (χ2n) is 11.7. The Hall–Kier alpha value is -3.32. The molecule has 0 saturated carbocycles. The predicted octanol–water partition coefficient (Wildman–Crippen LogP) is 2.88. The molecule has 12 heteroatoms. The monoisotopic (exact) mass is 538 g/mol. The number of nitrogen functional groups attached to an aromatic ring is 1. The number of aromatic nitrogens is 4. The third kappa shape index (κ3) is 5.83. The number of urea groups is 1. The van der Waals surface area contributed by atoms with E-state index >= 15 is 0 Å². The first-order valence-electron chi connectivity index (χ1n) is 13.2. The molecule has 2 saturated heterocycles. The van der Waals surface area contributed by atoms with E-state index in [-0.39, 0.29) is 29.8 Å². The number of ether oxygens (including phenoxy) is 3. The van der Waals surface area contributed by atoms with Crippen LogP contribution in [0, 0.1) is 0 Å². The van der Waals surface area contributed by atoms with Crippen molar-refractivity contribution in [2.45, 2.75) is 70.4 Å². The molecular weight excluding hydrogens is 500 g/mol. The molecule has 3 aromatic rings. The number of likely N-dealkylation sites (N-methyl/N-ethyl adjacent to an activating group) is 1. The first-order valence-corrected chi connectivity index (χ1v) is 13.2. The average Bonchev–Trinajstić information content (AvgIpc) is 3.51. The molecule has 2 aliphatic rings. The number of carbonyl (C=O) groups excluding carboxylic acids is 1. The average molecular weight is 539 g/mol. The van der Waals surface area contributed by atoms with Crippen molar-refractivity contribution >= 4 is 28.7 Å². The van der Waals surface area contributed by atoms with Gasteiger partial charge in [0.05, 0.1) is 6.33 Å². The number of benzene rings is 1. The van der Waals surface area contributed by atoms with Crippen LogP contribution in [-0.4, -0.2) is 81.2 Å². The first kappa shape index (κ1) is 27.3. The molecule has 0 aliphatic carbocycles. The number of hydrogen-bond donors (Lipinski definition) is 3. The van der Waals surface area contributed by atoms with Gasteiger partial charge in [0.15, 0.2) is 23.5 Å². The molecule has 0 radical (unpaired) electrons. The van der Waals surface area contributed by atoms with Gasteiger partial charge < -0.3 is 35.5 Å². The van der Waals surface area contributed by atoms with Gasteiger partial charge in [-0.2, -0.15) is 0 Å². The summed E-state index contributed by atoms with van der Waals surface area (Å²) in [7, 11) is 1.98. The fourth-order valence-electron chi connectivity index (χ4n) is 5.07. The van der Waals surface area contributed by atoms with Gasteiger partial charge in [-0.15, -0.1) is 0 Å². The quantitative estimate of drug-likeness (QED) is 0.414. The van der Waals surface area contributed by atoms with Crippen molar-refractivity contribution in [1.82, 2.24) is 29.7 Å². The number of rotatable bonds is 7. The highest BCUT2D eigenvalue weighted by atomic mass is 16.8. The summed E-state index contributed by atoms with van der Waals surface area (Å²) in [5, 5.41) is 5.81. The number of imidazole rings is 1. The number of nitrogens with zero attached hydrogens (tertiary/aromatic N) is 5. The van der Waals surface area contributed by atoms with Gasteiger partial charge in [-0.05, 0) is 44.0 Å². The Bertz CT molecular complexity index is 1320. The van der Waals surface area contributed by atoms with E-state index in [1.165, 1.54) is 11.9 Å². The Morgan fingerprint density at radius 2 is 1.85 bits per heavy atom. The van der Waals surface area contributed by atoms with Crippen LogP contribution in [0.4, 0.5) is 16.3 Å². The summed E-state index contributed by atoms with van der Waals surface area (Å²) in [4.78, 5) is 27.3. The minimum absolute atomic E-state index is 0.0643. The van der Waals surface area contributed by atoms with Gasteiger partial charge in [0.25, 0.3) is 0 Å². The number of amides is 2. The van der Waals surface area contributed by atoms with Crippen molar-refractivity contribution in [3.8, 4) is 0 Å². The molecule has 2 aromatic heterocycles. The minimum Gasteiger partial charge on any atom is -0.382 e. The molecule has 12 nitrogen and oxygen atoms in total. The molecule has 4 N–H and O–H groups in total. The molecule has 5 rings (SSSR count). The largest absolute Gasteiger partial charge is 0.382 e. The molecule has 2 amide bonds. The number of fused-ring (bicyclic) bond motifs is 2. The summed E-state index contributed by atoms with van der Waals surface area (Å²) in [5.74, 6) is -0.435. The maximum Gasteiger partial charge on any atom is 0.319 e. The second-order valence-corrected chi connectivity index (χ2v) is 11.7. The molecule has 210 valence electrons. The van der Waals surface area contributed by atoms with E-state index in [1.807, 2.05) is 49.7 Å². The van der Waals surface area contributed by atoms with Crippen molar-refractivity contribution in [2.75, 3.05) is 37.7 Å². The number of carbonyl (C=O) groups is 1. The highest BCUT2D eigenvalue weighted by Gasteiger charge is 2.56. The van der Waals surface area contributed by atoms with Gasteiger partial charge >= 0.3 is 6.03 Å². The summed E-state index contributed by atoms with van der Waals surface area (Å²) in [6.45, 7) is 12.0. The van der Waals surface area contributed by atoms with Gasteiger partial charge in [-0.25, -0.2) is 19.7 Å². The van der Waals surface area contributed by atoms with Gasteiger partial charge in [0.2, 0.25) is 0 Å². The molecular formula is C27H38N8O4. The standard InChI is InChI=1S/C27H38N8O4/c1-26(2,3)16-7-9-17(10-8-16)33-25(36)29-11-12-34(6)13-18-20-21(39-27(4,5)38-20)24(37-18)35-15-32-19-22(28)30-14-31-23(19)35/h7-10,14-15,18,20-21,24H,11-13H2,1-6H3,(H2,28,30,31)(H2,29,33,36)/t18-,20-,21-,24-/m1/s1. The van der Waals surface area contributed by atoms with Crippen molar-refractivity contribution in [2.24, 2.45) is 0 Å². The highest BCUT2D eigenvalue weighted by molar-refractivity contribution is 5.89. The first-order chi connectivity index (χ1) is 18.4. The molecule has 0 spiro atoms. The second kappa shape index (κ2) is 10.3. The van der Waals surface area contributed by atoms with Crippen molar-refractivity contribution in [1.29, 1.82) is 0 Å². The number of nitrogens with two attached hydrogens (primary N) is 1. The van der Waals surface area contributed by atoms with Crippen LogP contribution >= 0.6 is 0 Å². The van der Waals surface area contributed by atoms with Gasteiger partial charge in [-0.1, -0.05) is 32.9 Å². The fraction of sp³-hybridized carbons (Fsp3) is 0.556. The number of nitrogens with one attached hydrogen (secondary N) is 2. The summed E-state index contributed by atoms with van der Waals surface area (Å²) in [6, 6.07) is 7.68. The van der Waals surface area contributed by atoms with E-state index in [9.17, 15) is 4.79 Å². The zero-order valence-electron chi connectivity index (χ0n) is 23.3. The SMILES string of the molecule is CN(CCNC(=O)Nc1ccc(C(C)(C)C)cc1)C[C@H]1O[C@@H](n2cnc3c(N)ncnc32)[C@@H]2OC(C)(C)O[C@@H]21. The third-order valence-electron chi connectivity index (χ3n) is 7.07. The summed E-state index contributed by atoms with van der Waals surface area (Å²) in [5.41, 5.74) is 9.11. The van der Waals surface area contributed by atoms with Crippen LogP contribution in [0.15, 0.2) is 36.9 Å². The Morgan fingerprint density at radius 3 is 2.56 bits per heavy atom. The van der Waals surface area contributed by atoms with Crippen LogP contribution in [0.3, 0.4) is 0 Å². The van der Waals surface area contributed by atoms with E-state index in [2.05, 4.69) is 51.3 Å². The van der Waals surface area contributed by atoms with E-state index in [0.717, 1.165) is 5.69 Å². The third-order valence-corrected chi connectivity index (χ3v) is 7.07. The number of hydrogen-bond acceptors (Lipinski definition) is 9. The lowest BCUT2D eigenvalue weighted by Gasteiger charge is -2.27. The zero-order valence-corrected chi connectivity index (χ0v) is 23.3. The Balaban J connectivity index is 1.16. The van der Waals surface area contributed by atoms with Gasteiger partial charge in [-0.3, -0.25) is 4.57 Å². The zero-order chi connectivity index (χ0) is 27.9. The molecule has 0 bridgehead atoms. The van der Waals surface area contributed by atoms with E-state index in [4.69, 9.17) is 19.9 Å². The Labute approximate surface area is 228 Å². The highest BCUT2D eigenvalue weighted by Crippen LogP contribution is 2.44. The Kier molecular flexibility index (Phi) is 7.23.